The van der Waals surface area contributed by atoms with Gasteiger partial charge in [0, 0.05) is 12.2 Å². The van der Waals surface area contributed by atoms with E-state index >= 15 is 0 Å². The quantitative estimate of drug-likeness (QED) is 0.881. The largest absolute Gasteiger partial charge is 0.399 e. The maximum absolute atomic E-state index is 13.5. The zero-order valence-corrected chi connectivity index (χ0v) is 13.2. The highest BCUT2D eigenvalue weighted by molar-refractivity contribution is 5.79. The molecule has 0 aromatic heterocycles. The lowest BCUT2D eigenvalue weighted by atomic mass is 10.0. The number of halogens is 1. The van der Waals surface area contributed by atoms with E-state index in [1.807, 2.05) is 23.1 Å². The van der Waals surface area contributed by atoms with E-state index in [0.717, 1.165) is 24.1 Å². The number of amides is 1. The van der Waals surface area contributed by atoms with Gasteiger partial charge in [-0.3, -0.25) is 4.79 Å². The summed E-state index contributed by atoms with van der Waals surface area (Å²) in [5.41, 5.74) is 8.19. The summed E-state index contributed by atoms with van der Waals surface area (Å²) in [6, 6.07) is 13.9. The summed E-state index contributed by atoms with van der Waals surface area (Å²) in [5, 5.41) is 0. The Kier molecular flexibility index (Phi) is 4.33. The molecule has 0 bridgehead atoms. The molecule has 2 aromatic rings. The molecule has 2 N–H and O–H groups in total. The number of anilines is 1. The van der Waals surface area contributed by atoms with E-state index in [0.29, 0.717) is 18.0 Å². The minimum absolute atomic E-state index is 0.0398. The van der Waals surface area contributed by atoms with Crippen molar-refractivity contribution >= 4 is 11.6 Å². The predicted octanol–water partition coefficient (Wildman–Crippen LogP) is 3.56. The van der Waals surface area contributed by atoms with E-state index in [1.165, 1.54) is 12.1 Å². The summed E-state index contributed by atoms with van der Waals surface area (Å²) in [6.07, 6.45) is 1.22. The molecule has 1 saturated heterocycles. The smallest absolute Gasteiger partial charge is 0.227 e. The molecule has 0 spiro atoms. The molecule has 0 aliphatic carbocycles. The fraction of sp³-hybridized carbons (Fsp3) is 0.316. The number of benzene rings is 2. The van der Waals surface area contributed by atoms with Crippen LogP contribution in [0.2, 0.25) is 0 Å². The second-order valence-electron chi connectivity index (χ2n) is 6.38. The van der Waals surface area contributed by atoms with Crippen LogP contribution in [0.5, 0.6) is 0 Å². The Labute approximate surface area is 135 Å². The first-order valence-corrected chi connectivity index (χ1v) is 7.92. The topological polar surface area (TPSA) is 46.3 Å². The lowest BCUT2D eigenvalue weighted by molar-refractivity contribution is -0.131. The van der Waals surface area contributed by atoms with Gasteiger partial charge in [0.05, 0.1) is 12.5 Å². The molecule has 0 saturated carbocycles. The van der Waals surface area contributed by atoms with Crippen molar-refractivity contribution in [2.24, 2.45) is 5.92 Å². The fourth-order valence-electron chi connectivity index (χ4n) is 3.26. The molecule has 120 valence electrons. The van der Waals surface area contributed by atoms with Crippen LogP contribution in [0.25, 0.3) is 0 Å². The first-order valence-electron chi connectivity index (χ1n) is 7.92. The molecule has 1 amide bonds. The molecular formula is C19H21FN2O. The Balaban J connectivity index is 1.78. The van der Waals surface area contributed by atoms with E-state index in [1.54, 1.807) is 18.2 Å². The van der Waals surface area contributed by atoms with Gasteiger partial charge in [-0.2, -0.15) is 0 Å². The van der Waals surface area contributed by atoms with Crippen molar-refractivity contribution in [2.75, 3.05) is 12.3 Å². The molecule has 2 atom stereocenters. The first kappa shape index (κ1) is 15.5. The van der Waals surface area contributed by atoms with Crippen molar-refractivity contribution in [3.05, 3.63) is 65.5 Å². The fourth-order valence-corrected chi connectivity index (χ4v) is 3.26. The van der Waals surface area contributed by atoms with Gasteiger partial charge in [0.25, 0.3) is 0 Å². The maximum atomic E-state index is 13.5. The van der Waals surface area contributed by atoms with E-state index in [-0.39, 0.29) is 17.8 Å². The highest BCUT2D eigenvalue weighted by Gasteiger charge is 2.34. The highest BCUT2D eigenvalue weighted by atomic mass is 19.1. The number of nitrogen functional groups attached to an aromatic ring is 1. The zero-order valence-electron chi connectivity index (χ0n) is 13.2. The molecule has 1 aliphatic rings. The van der Waals surface area contributed by atoms with Crippen LogP contribution in [-0.2, 0) is 11.2 Å². The molecule has 0 radical (unpaired) electrons. The van der Waals surface area contributed by atoms with Crippen LogP contribution in [0.15, 0.2) is 48.5 Å². The number of carbonyl (C=O) groups is 1. The van der Waals surface area contributed by atoms with Crippen molar-refractivity contribution in [1.82, 2.24) is 4.90 Å². The standard InChI is InChI=1S/C19H21FN2O/c1-13-9-18(15-3-2-4-16(20)11-15)22(12-13)19(23)10-14-5-7-17(21)8-6-14/h2-8,11,13,18H,9-10,12,21H2,1H3/t13-,18+/m0/s1. The second kappa shape index (κ2) is 6.41. The Hall–Kier alpha value is -2.36. The summed E-state index contributed by atoms with van der Waals surface area (Å²) >= 11 is 0. The van der Waals surface area contributed by atoms with Gasteiger partial charge < -0.3 is 10.6 Å². The van der Waals surface area contributed by atoms with E-state index < -0.39 is 0 Å². The molecule has 4 heteroatoms. The van der Waals surface area contributed by atoms with Crippen LogP contribution in [0.4, 0.5) is 10.1 Å². The number of hydrogen-bond acceptors (Lipinski definition) is 2. The van der Waals surface area contributed by atoms with Crippen LogP contribution in [0.1, 0.15) is 30.5 Å². The molecular weight excluding hydrogens is 291 g/mol. The Morgan fingerprint density at radius 1 is 1.26 bits per heavy atom. The van der Waals surface area contributed by atoms with Crippen LogP contribution in [0.3, 0.4) is 0 Å². The van der Waals surface area contributed by atoms with Gasteiger partial charge in [-0.15, -0.1) is 0 Å². The van der Waals surface area contributed by atoms with Crippen molar-refractivity contribution in [3.63, 3.8) is 0 Å². The number of carbonyl (C=O) groups excluding carboxylic acids is 1. The molecule has 1 aliphatic heterocycles. The van der Waals surface area contributed by atoms with E-state index in [4.69, 9.17) is 5.73 Å². The predicted molar refractivity (Wildman–Crippen MR) is 89.2 cm³/mol. The maximum Gasteiger partial charge on any atom is 0.227 e. The number of likely N-dealkylation sites (tertiary alicyclic amines) is 1. The molecule has 1 heterocycles. The number of nitrogens with zero attached hydrogens (tertiary/aromatic N) is 1. The van der Waals surface area contributed by atoms with Crippen molar-refractivity contribution in [1.29, 1.82) is 0 Å². The van der Waals surface area contributed by atoms with Gasteiger partial charge in [-0.05, 0) is 47.7 Å². The van der Waals surface area contributed by atoms with Gasteiger partial charge in [-0.25, -0.2) is 4.39 Å². The summed E-state index contributed by atoms with van der Waals surface area (Å²) in [6.45, 7) is 2.85. The van der Waals surface area contributed by atoms with Crippen molar-refractivity contribution in [3.8, 4) is 0 Å². The first-order chi connectivity index (χ1) is 11.0. The van der Waals surface area contributed by atoms with Gasteiger partial charge in [0.15, 0.2) is 0 Å². The third kappa shape index (κ3) is 3.52. The summed E-state index contributed by atoms with van der Waals surface area (Å²) < 4.78 is 13.5. The van der Waals surface area contributed by atoms with Crippen LogP contribution in [0, 0.1) is 11.7 Å². The van der Waals surface area contributed by atoms with Gasteiger partial charge in [-0.1, -0.05) is 31.2 Å². The molecule has 0 unspecified atom stereocenters. The Bertz CT molecular complexity index is 699. The van der Waals surface area contributed by atoms with Gasteiger partial charge >= 0.3 is 0 Å². The molecule has 23 heavy (non-hydrogen) atoms. The van der Waals surface area contributed by atoms with Gasteiger partial charge in [0.1, 0.15) is 5.82 Å². The van der Waals surface area contributed by atoms with E-state index in [2.05, 4.69) is 6.92 Å². The molecule has 3 nitrogen and oxygen atoms in total. The average molecular weight is 312 g/mol. The minimum Gasteiger partial charge on any atom is -0.399 e. The Morgan fingerprint density at radius 2 is 2.00 bits per heavy atom. The lowest BCUT2D eigenvalue weighted by Gasteiger charge is -2.25. The van der Waals surface area contributed by atoms with E-state index in [9.17, 15) is 9.18 Å². The molecule has 1 fully saturated rings. The van der Waals surface area contributed by atoms with Crippen molar-refractivity contribution in [2.45, 2.75) is 25.8 Å². The van der Waals surface area contributed by atoms with Crippen LogP contribution in [-0.4, -0.2) is 17.4 Å². The monoisotopic (exact) mass is 312 g/mol. The van der Waals surface area contributed by atoms with Crippen LogP contribution >= 0.6 is 0 Å². The molecule has 2 aromatic carbocycles. The second-order valence-corrected chi connectivity index (χ2v) is 6.38. The lowest BCUT2D eigenvalue weighted by Crippen LogP contribution is -2.32. The average Bonchev–Trinajstić information content (AvgIpc) is 2.92. The normalized spacial score (nSPS) is 20.7. The third-order valence-electron chi connectivity index (χ3n) is 4.40. The summed E-state index contributed by atoms with van der Waals surface area (Å²) in [4.78, 5) is 14.6. The highest BCUT2D eigenvalue weighted by Crippen LogP contribution is 2.35. The van der Waals surface area contributed by atoms with Gasteiger partial charge in [0.2, 0.25) is 5.91 Å². The third-order valence-corrected chi connectivity index (χ3v) is 4.40. The summed E-state index contributed by atoms with van der Waals surface area (Å²) in [5.74, 6) is 0.236. The Morgan fingerprint density at radius 3 is 2.70 bits per heavy atom. The van der Waals surface area contributed by atoms with Crippen molar-refractivity contribution < 1.29 is 9.18 Å². The number of nitrogens with two attached hydrogens (primary N) is 1. The zero-order chi connectivity index (χ0) is 16.4. The SMILES string of the molecule is C[C@H]1C[C@H](c2cccc(F)c2)N(C(=O)Cc2ccc(N)cc2)C1. The molecule has 3 rings (SSSR count). The number of rotatable bonds is 3. The number of hydrogen-bond donors (Lipinski definition) is 1. The summed E-state index contributed by atoms with van der Waals surface area (Å²) in [7, 11) is 0. The van der Waals surface area contributed by atoms with Crippen LogP contribution < -0.4 is 5.73 Å². The minimum atomic E-state index is -0.256.